The maximum Gasteiger partial charge on any atom is 0.416 e. The minimum atomic E-state index is -4.64. The second-order valence-corrected chi connectivity index (χ2v) is 9.52. The SMILES string of the molecule is Cc1cc(/C(O)=C2\C(=O)C(=O)N(c3cccc(C(F)(F)F)c3)C2c2ccc(N(C)C)cc2)ccc1Br. The van der Waals surface area contributed by atoms with Crippen molar-refractivity contribution in [2.45, 2.75) is 19.1 Å². The van der Waals surface area contributed by atoms with Gasteiger partial charge in [-0.15, -0.1) is 0 Å². The van der Waals surface area contributed by atoms with E-state index in [1.165, 1.54) is 12.1 Å². The van der Waals surface area contributed by atoms with Crippen molar-refractivity contribution in [2.75, 3.05) is 23.9 Å². The minimum absolute atomic E-state index is 0.0975. The molecule has 1 saturated heterocycles. The maximum atomic E-state index is 13.4. The second kappa shape index (κ2) is 9.46. The molecular weight excluding hydrogens is 537 g/mol. The highest BCUT2D eigenvalue weighted by Gasteiger charge is 2.47. The van der Waals surface area contributed by atoms with E-state index >= 15 is 0 Å². The summed E-state index contributed by atoms with van der Waals surface area (Å²) in [4.78, 5) is 29.3. The lowest BCUT2D eigenvalue weighted by Gasteiger charge is -2.26. The number of rotatable bonds is 4. The van der Waals surface area contributed by atoms with Crippen LogP contribution in [0.4, 0.5) is 24.5 Å². The Morgan fingerprint density at radius 2 is 1.67 bits per heavy atom. The smallest absolute Gasteiger partial charge is 0.416 e. The van der Waals surface area contributed by atoms with Gasteiger partial charge >= 0.3 is 6.18 Å². The number of aliphatic hydroxyl groups excluding tert-OH is 1. The zero-order valence-corrected chi connectivity index (χ0v) is 21.2. The first-order valence-electron chi connectivity index (χ1n) is 10.9. The summed E-state index contributed by atoms with van der Waals surface area (Å²) >= 11 is 3.39. The van der Waals surface area contributed by atoms with Crippen molar-refractivity contribution >= 4 is 44.8 Å². The predicted molar refractivity (Wildman–Crippen MR) is 136 cm³/mol. The molecular formula is C27H22BrF3N2O3. The minimum Gasteiger partial charge on any atom is -0.507 e. The van der Waals surface area contributed by atoms with Crippen molar-refractivity contribution in [1.29, 1.82) is 0 Å². The number of aliphatic hydroxyl groups is 1. The van der Waals surface area contributed by atoms with E-state index in [9.17, 15) is 27.9 Å². The quantitative estimate of drug-likeness (QED) is 0.226. The maximum absolute atomic E-state index is 13.4. The number of anilines is 2. The van der Waals surface area contributed by atoms with E-state index in [0.717, 1.165) is 32.8 Å². The standard InChI is InChI=1S/C27H22BrF3N2O3/c1-15-13-17(9-12-21(15)28)24(34)22-23(16-7-10-19(11-8-16)32(2)3)33(26(36)25(22)35)20-6-4-5-18(14-20)27(29,30)31/h4-14,23,34H,1-3H3/b24-22+. The van der Waals surface area contributed by atoms with E-state index in [0.29, 0.717) is 11.1 Å². The number of nitrogens with zero attached hydrogens (tertiary/aromatic N) is 2. The van der Waals surface area contributed by atoms with Crippen molar-refractivity contribution in [2.24, 2.45) is 0 Å². The molecule has 0 bridgehead atoms. The molecule has 1 amide bonds. The van der Waals surface area contributed by atoms with Crippen molar-refractivity contribution in [3.05, 3.63) is 99.0 Å². The lowest BCUT2D eigenvalue weighted by molar-refractivity contribution is -0.137. The molecule has 1 N–H and O–H groups in total. The predicted octanol–water partition coefficient (Wildman–Crippen LogP) is 6.47. The molecule has 1 atom stereocenters. The number of aryl methyl sites for hydroxylation is 1. The summed E-state index contributed by atoms with van der Waals surface area (Å²) in [7, 11) is 3.69. The average Bonchev–Trinajstić information content (AvgIpc) is 3.10. The van der Waals surface area contributed by atoms with Crippen LogP contribution in [0.5, 0.6) is 0 Å². The fraction of sp³-hybridized carbons (Fsp3) is 0.185. The normalized spacial score (nSPS) is 17.5. The summed E-state index contributed by atoms with van der Waals surface area (Å²) < 4.78 is 41.1. The van der Waals surface area contributed by atoms with Gasteiger partial charge in [0.1, 0.15) is 5.76 Å². The third kappa shape index (κ3) is 4.63. The summed E-state index contributed by atoms with van der Waals surface area (Å²) in [6.45, 7) is 1.81. The summed E-state index contributed by atoms with van der Waals surface area (Å²) in [5.74, 6) is -2.40. The largest absolute Gasteiger partial charge is 0.507 e. The number of carbonyl (C=O) groups is 2. The van der Waals surface area contributed by atoms with E-state index < -0.39 is 35.2 Å². The Kier molecular flexibility index (Phi) is 6.70. The van der Waals surface area contributed by atoms with E-state index in [2.05, 4.69) is 15.9 Å². The molecule has 36 heavy (non-hydrogen) atoms. The molecule has 5 nitrogen and oxygen atoms in total. The Bertz CT molecular complexity index is 1380. The third-order valence-electron chi connectivity index (χ3n) is 6.05. The molecule has 0 spiro atoms. The number of alkyl halides is 3. The Hall–Kier alpha value is -3.59. The van der Waals surface area contributed by atoms with Gasteiger partial charge < -0.3 is 10.0 Å². The Morgan fingerprint density at radius 3 is 2.25 bits per heavy atom. The molecule has 0 aromatic heterocycles. The monoisotopic (exact) mass is 558 g/mol. The molecule has 1 heterocycles. The number of ketones is 1. The summed E-state index contributed by atoms with van der Waals surface area (Å²) in [5, 5.41) is 11.2. The van der Waals surface area contributed by atoms with Crippen LogP contribution in [-0.4, -0.2) is 30.9 Å². The molecule has 1 fully saturated rings. The van der Waals surface area contributed by atoms with Crippen LogP contribution >= 0.6 is 15.9 Å². The van der Waals surface area contributed by atoms with Crippen molar-refractivity contribution in [3.63, 3.8) is 0 Å². The number of Topliss-reactive ketones (excluding diaryl/α,β-unsaturated/α-hetero) is 1. The molecule has 0 radical (unpaired) electrons. The van der Waals surface area contributed by atoms with Crippen LogP contribution in [0.25, 0.3) is 5.76 Å². The molecule has 4 rings (SSSR count). The van der Waals surface area contributed by atoms with Crippen molar-refractivity contribution < 1.29 is 27.9 Å². The number of benzene rings is 3. The zero-order chi connectivity index (χ0) is 26.4. The number of amides is 1. The molecule has 1 aliphatic heterocycles. The Labute approximate surface area is 214 Å². The summed E-state index contributed by atoms with van der Waals surface area (Å²) in [5.41, 5.74) is 1.17. The number of carbonyl (C=O) groups excluding carboxylic acids is 2. The molecule has 1 aliphatic rings. The van der Waals surface area contributed by atoms with Gasteiger partial charge in [0.15, 0.2) is 0 Å². The van der Waals surface area contributed by atoms with Crippen molar-refractivity contribution in [3.8, 4) is 0 Å². The average molecular weight is 559 g/mol. The molecule has 0 saturated carbocycles. The first-order chi connectivity index (χ1) is 16.9. The van der Waals surface area contributed by atoms with Gasteiger partial charge in [0.05, 0.1) is 17.2 Å². The fourth-order valence-corrected chi connectivity index (χ4v) is 4.40. The molecule has 186 valence electrons. The fourth-order valence-electron chi connectivity index (χ4n) is 4.15. The number of halogens is 4. The third-order valence-corrected chi connectivity index (χ3v) is 6.94. The van der Waals surface area contributed by atoms with Crippen LogP contribution in [0.15, 0.2) is 76.8 Å². The highest BCUT2D eigenvalue weighted by atomic mass is 79.9. The van der Waals surface area contributed by atoms with Crippen LogP contribution in [0.3, 0.4) is 0 Å². The van der Waals surface area contributed by atoms with Crippen LogP contribution in [0.2, 0.25) is 0 Å². The van der Waals surface area contributed by atoms with Crippen LogP contribution in [0, 0.1) is 6.92 Å². The first-order valence-corrected chi connectivity index (χ1v) is 11.7. The lowest BCUT2D eigenvalue weighted by Crippen LogP contribution is -2.29. The van der Waals surface area contributed by atoms with E-state index in [-0.39, 0.29) is 11.3 Å². The molecule has 1 unspecified atom stereocenters. The highest BCUT2D eigenvalue weighted by Crippen LogP contribution is 2.43. The molecule has 0 aliphatic carbocycles. The van der Waals surface area contributed by atoms with E-state index in [1.54, 1.807) is 49.4 Å². The van der Waals surface area contributed by atoms with Gasteiger partial charge in [-0.3, -0.25) is 14.5 Å². The van der Waals surface area contributed by atoms with Gasteiger partial charge in [-0.2, -0.15) is 13.2 Å². The van der Waals surface area contributed by atoms with E-state index in [4.69, 9.17) is 0 Å². The topological polar surface area (TPSA) is 60.9 Å². The number of hydrogen-bond donors (Lipinski definition) is 1. The number of hydrogen-bond acceptors (Lipinski definition) is 4. The Balaban J connectivity index is 1.95. The van der Waals surface area contributed by atoms with Crippen molar-refractivity contribution in [1.82, 2.24) is 0 Å². The molecule has 3 aromatic carbocycles. The van der Waals surface area contributed by atoms with Gasteiger partial charge in [0, 0.05) is 35.5 Å². The Morgan fingerprint density at radius 1 is 1.00 bits per heavy atom. The molecule has 3 aromatic rings. The van der Waals surface area contributed by atoms with Crippen LogP contribution in [0.1, 0.15) is 28.3 Å². The van der Waals surface area contributed by atoms with E-state index in [1.807, 2.05) is 19.0 Å². The van der Waals surface area contributed by atoms with Crippen LogP contribution < -0.4 is 9.80 Å². The first kappa shape index (κ1) is 25.5. The summed E-state index contributed by atoms with van der Waals surface area (Å²) in [6.07, 6.45) is -4.64. The summed E-state index contributed by atoms with van der Waals surface area (Å²) in [6, 6.07) is 15.0. The van der Waals surface area contributed by atoms with Gasteiger partial charge in [0.2, 0.25) is 0 Å². The second-order valence-electron chi connectivity index (χ2n) is 8.67. The van der Waals surface area contributed by atoms with Gasteiger partial charge in [-0.25, -0.2) is 0 Å². The molecule has 9 heteroatoms. The van der Waals surface area contributed by atoms with Gasteiger partial charge in [-0.05, 0) is 60.5 Å². The van der Waals surface area contributed by atoms with Gasteiger partial charge in [0.25, 0.3) is 11.7 Å². The highest BCUT2D eigenvalue weighted by molar-refractivity contribution is 9.10. The lowest BCUT2D eigenvalue weighted by atomic mass is 9.94. The van der Waals surface area contributed by atoms with Gasteiger partial charge in [-0.1, -0.05) is 40.2 Å². The zero-order valence-electron chi connectivity index (χ0n) is 19.6. The van der Waals surface area contributed by atoms with Crippen LogP contribution in [-0.2, 0) is 15.8 Å².